The third-order valence-corrected chi connectivity index (χ3v) is 3.99. The first kappa shape index (κ1) is 15.2. The molecule has 0 spiro atoms. The molecule has 1 unspecified atom stereocenters. The molecule has 108 valence electrons. The van der Waals surface area contributed by atoms with Crippen LogP contribution in [0.4, 0.5) is 4.39 Å². The number of nitrogens with two attached hydrogens (primary N) is 1. The summed E-state index contributed by atoms with van der Waals surface area (Å²) in [4.78, 5) is 0. The number of nitrogens with zero attached hydrogens (tertiary/aromatic N) is 2. The normalized spacial score (nSPS) is 12.7. The Labute approximate surface area is 126 Å². The summed E-state index contributed by atoms with van der Waals surface area (Å²) in [7, 11) is 1.91. The van der Waals surface area contributed by atoms with Crippen LogP contribution in [-0.2, 0) is 19.9 Å². The van der Waals surface area contributed by atoms with E-state index in [9.17, 15) is 4.39 Å². The average Bonchev–Trinajstić information content (AvgIpc) is 2.80. The molecule has 0 radical (unpaired) electrons. The molecule has 0 aliphatic rings. The molecule has 0 aliphatic heterocycles. The maximum Gasteiger partial charge on any atom is 0.137 e. The van der Waals surface area contributed by atoms with Crippen molar-refractivity contribution in [3.63, 3.8) is 0 Å². The predicted molar refractivity (Wildman–Crippen MR) is 80.5 cm³/mol. The summed E-state index contributed by atoms with van der Waals surface area (Å²) in [6, 6.07) is 6.94. The van der Waals surface area contributed by atoms with E-state index < -0.39 is 0 Å². The van der Waals surface area contributed by atoms with Gasteiger partial charge in [0, 0.05) is 19.2 Å². The van der Waals surface area contributed by atoms with Gasteiger partial charge in [-0.2, -0.15) is 5.10 Å². The van der Waals surface area contributed by atoms with Gasteiger partial charge < -0.3 is 0 Å². The first-order valence-electron chi connectivity index (χ1n) is 6.48. The van der Waals surface area contributed by atoms with Crippen molar-refractivity contribution in [1.29, 1.82) is 0 Å². The molecular formula is C14H18BrFN4. The molecule has 6 heteroatoms. The zero-order valence-electron chi connectivity index (χ0n) is 11.5. The minimum atomic E-state index is -0.290. The molecule has 0 aliphatic carbocycles. The number of rotatable bonds is 5. The molecule has 2 rings (SSSR count). The molecule has 1 atom stereocenters. The molecule has 1 aromatic carbocycles. The lowest BCUT2D eigenvalue weighted by molar-refractivity contribution is 0.524. The smallest absolute Gasteiger partial charge is 0.137 e. The van der Waals surface area contributed by atoms with Crippen LogP contribution in [0.15, 0.2) is 28.7 Å². The Bertz CT molecular complexity index is 597. The van der Waals surface area contributed by atoms with Crippen LogP contribution in [0.25, 0.3) is 0 Å². The fourth-order valence-electron chi connectivity index (χ4n) is 2.15. The van der Waals surface area contributed by atoms with Crippen LogP contribution in [0.5, 0.6) is 0 Å². The molecule has 2 aromatic rings. The van der Waals surface area contributed by atoms with Crippen molar-refractivity contribution in [2.24, 2.45) is 12.9 Å². The van der Waals surface area contributed by atoms with Gasteiger partial charge in [0.25, 0.3) is 0 Å². The molecular weight excluding hydrogens is 323 g/mol. The fourth-order valence-corrected chi connectivity index (χ4v) is 2.39. The van der Waals surface area contributed by atoms with Gasteiger partial charge in [0.2, 0.25) is 0 Å². The summed E-state index contributed by atoms with van der Waals surface area (Å²) >= 11 is 3.15. The topological polar surface area (TPSA) is 55.9 Å². The largest absolute Gasteiger partial charge is 0.272 e. The van der Waals surface area contributed by atoms with E-state index in [1.807, 2.05) is 17.8 Å². The van der Waals surface area contributed by atoms with Crippen molar-refractivity contribution in [1.82, 2.24) is 15.2 Å². The van der Waals surface area contributed by atoms with Crippen molar-refractivity contribution < 1.29 is 4.39 Å². The van der Waals surface area contributed by atoms with Gasteiger partial charge in [-0.15, -0.1) is 0 Å². The van der Waals surface area contributed by atoms with E-state index in [2.05, 4.69) is 39.4 Å². The molecule has 0 amide bonds. The van der Waals surface area contributed by atoms with Crippen molar-refractivity contribution in [3.05, 3.63) is 51.5 Å². The van der Waals surface area contributed by atoms with Crippen LogP contribution < -0.4 is 11.3 Å². The number of aromatic nitrogens is 2. The summed E-state index contributed by atoms with van der Waals surface area (Å²) < 4.78 is 15.9. The van der Waals surface area contributed by atoms with Gasteiger partial charge >= 0.3 is 0 Å². The summed E-state index contributed by atoms with van der Waals surface area (Å²) in [5, 5.41) is 4.41. The quantitative estimate of drug-likeness (QED) is 0.649. The van der Waals surface area contributed by atoms with Crippen LogP contribution in [0.3, 0.4) is 0 Å². The Morgan fingerprint density at radius 3 is 2.75 bits per heavy atom. The van der Waals surface area contributed by atoms with Gasteiger partial charge in [-0.1, -0.05) is 13.0 Å². The van der Waals surface area contributed by atoms with Crippen LogP contribution in [0.1, 0.15) is 29.9 Å². The van der Waals surface area contributed by atoms with E-state index in [0.717, 1.165) is 23.4 Å². The SMILES string of the molecule is CCc1cc(CC(NN)c2ccc(Br)c(F)c2)n(C)n1. The summed E-state index contributed by atoms with van der Waals surface area (Å²) in [6.07, 6.45) is 1.54. The second-order valence-electron chi connectivity index (χ2n) is 4.70. The Balaban J connectivity index is 2.23. The summed E-state index contributed by atoms with van der Waals surface area (Å²) in [6.45, 7) is 2.06. The lowest BCUT2D eigenvalue weighted by Gasteiger charge is -2.16. The number of benzene rings is 1. The minimum absolute atomic E-state index is 0.155. The van der Waals surface area contributed by atoms with E-state index in [0.29, 0.717) is 10.9 Å². The highest BCUT2D eigenvalue weighted by Crippen LogP contribution is 2.23. The summed E-state index contributed by atoms with van der Waals surface area (Å²) in [5.41, 5.74) is 5.66. The van der Waals surface area contributed by atoms with E-state index >= 15 is 0 Å². The van der Waals surface area contributed by atoms with Crippen molar-refractivity contribution >= 4 is 15.9 Å². The molecule has 0 saturated carbocycles. The highest BCUT2D eigenvalue weighted by molar-refractivity contribution is 9.10. The van der Waals surface area contributed by atoms with Crippen LogP contribution in [-0.4, -0.2) is 9.78 Å². The zero-order chi connectivity index (χ0) is 14.7. The van der Waals surface area contributed by atoms with Gasteiger partial charge in [-0.25, -0.2) is 4.39 Å². The Morgan fingerprint density at radius 1 is 1.45 bits per heavy atom. The molecule has 0 bridgehead atoms. The van der Waals surface area contributed by atoms with Gasteiger partial charge in [-0.05, 0) is 46.1 Å². The third kappa shape index (κ3) is 3.26. The second kappa shape index (κ2) is 6.47. The maximum atomic E-state index is 13.6. The number of hydrogen-bond acceptors (Lipinski definition) is 3. The maximum absolute atomic E-state index is 13.6. The van der Waals surface area contributed by atoms with Gasteiger partial charge in [0.05, 0.1) is 16.2 Å². The Hall–Kier alpha value is -1.24. The monoisotopic (exact) mass is 340 g/mol. The van der Waals surface area contributed by atoms with Crippen molar-refractivity contribution in [2.75, 3.05) is 0 Å². The van der Waals surface area contributed by atoms with Crippen molar-refractivity contribution in [2.45, 2.75) is 25.8 Å². The highest BCUT2D eigenvalue weighted by atomic mass is 79.9. The average molecular weight is 341 g/mol. The number of nitrogens with one attached hydrogen (secondary N) is 1. The number of aryl methyl sites for hydroxylation is 2. The number of hydrogen-bond donors (Lipinski definition) is 2. The van der Waals surface area contributed by atoms with Gasteiger partial charge in [0.15, 0.2) is 0 Å². The Kier molecular flexibility index (Phi) is 4.91. The summed E-state index contributed by atoms with van der Waals surface area (Å²) in [5.74, 6) is 5.33. The zero-order valence-corrected chi connectivity index (χ0v) is 13.1. The standard InChI is InChI=1S/C14H18BrFN4/c1-3-10-7-11(20(2)19-10)8-14(18-17)9-4-5-12(15)13(16)6-9/h4-7,14,18H,3,8,17H2,1-2H3. The van der Waals surface area contributed by atoms with E-state index in [1.165, 1.54) is 6.07 Å². The predicted octanol–water partition coefficient (Wildman–Crippen LogP) is 2.63. The number of hydrazine groups is 1. The van der Waals surface area contributed by atoms with E-state index in [4.69, 9.17) is 5.84 Å². The first-order chi connectivity index (χ1) is 9.55. The molecule has 4 nitrogen and oxygen atoms in total. The third-order valence-electron chi connectivity index (χ3n) is 3.35. The molecule has 3 N–H and O–H groups in total. The fraction of sp³-hybridized carbons (Fsp3) is 0.357. The highest BCUT2D eigenvalue weighted by Gasteiger charge is 2.15. The van der Waals surface area contributed by atoms with Gasteiger partial charge in [-0.3, -0.25) is 16.0 Å². The van der Waals surface area contributed by atoms with Crippen molar-refractivity contribution in [3.8, 4) is 0 Å². The molecule has 0 fully saturated rings. The first-order valence-corrected chi connectivity index (χ1v) is 7.27. The molecule has 20 heavy (non-hydrogen) atoms. The number of halogens is 2. The lowest BCUT2D eigenvalue weighted by Crippen LogP contribution is -2.30. The van der Waals surface area contributed by atoms with Crippen LogP contribution in [0, 0.1) is 5.82 Å². The second-order valence-corrected chi connectivity index (χ2v) is 5.56. The Morgan fingerprint density at radius 2 is 2.20 bits per heavy atom. The van der Waals surface area contributed by atoms with E-state index in [-0.39, 0.29) is 11.9 Å². The molecule has 1 aromatic heterocycles. The molecule has 0 saturated heterocycles. The van der Waals surface area contributed by atoms with E-state index in [1.54, 1.807) is 6.07 Å². The lowest BCUT2D eigenvalue weighted by atomic mass is 10.0. The van der Waals surface area contributed by atoms with Crippen LogP contribution >= 0.6 is 15.9 Å². The van der Waals surface area contributed by atoms with Crippen LogP contribution in [0.2, 0.25) is 0 Å². The minimum Gasteiger partial charge on any atom is -0.272 e. The van der Waals surface area contributed by atoms with Gasteiger partial charge in [0.1, 0.15) is 5.82 Å². The molecule has 1 heterocycles.